The van der Waals surface area contributed by atoms with Gasteiger partial charge in [-0.3, -0.25) is 0 Å². The van der Waals surface area contributed by atoms with Crippen LogP contribution in [0.3, 0.4) is 0 Å². The molecule has 4 nitrogen and oxygen atoms in total. The minimum atomic E-state index is -3.78. The van der Waals surface area contributed by atoms with E-state index in [2.05, 4.69) is 4.72 Å². The van der Waals surface area contributed by atoms with Crippen LogP contribution in [0, 0.1) is 5.92 Å². The largest absolute Gasteiger partial charge is 0.389 e. The van der Waals surface area contributed by atoms with Gasteiger partial charge in [0.15, 0.2) is 0 Å². The predicted octanol–water partition coefficient (Wildman–Crippen LogP) is 2.43. The van der Waals surface area contributed by atoms with Gasteiger partial charge in [-0.15, -0.1) is 0 Å². The lowest BCUT2D eigenvalue weighted by Crippen LogP contribution is -2.42. The van der Waals surface area contributed by atoms with E-state index in [4.69, 9.17) is 23.2 Å². The van der Waals surface area contributed by atoms with Crippen LogP contribution >= 0.6 is 23.2 Å². The van der Waals surface area contributed by atoms with Gasteiger partial charge >= 0.3 is 0 Å². The van der Waals surface area contributed by atoms with Crippen LogP contribution < -0.4 is 4.72 Å². The van der Waals surface area contributed by atoms with E-state index in [0.29, 0.717) is 5.02 Å². The SMILES string of the molecule is CC(O)(CNS(=O)(=O)c1cc(Cl)ccc1Cl)C1CC1. The number of aliphatic hydroxyl groups is 1. The maximum absolute atomic E-state index is 12.1. The molecule has 19 heavy (non-hydrogen) atoms. The summed E-state index contributed by atoms with van der Waals surface area (Å²) >= 11 is 11.6. The van der Waals surface area contributed by atoms with E-state index in [0.717, 1.165) is 12.8 Å². The van der Waals surface area contributed by atoms with Crippen LogP contribution in [0.15, 0.2) is 23.1 Å². The lowest BCUT2D eigenvalue weighted by molar-refractivity contribution is 0.0422. The van der Waals surface area contributed by atoms with Gasteiger partial charge < -0.3 is 5.11 Å². The van der Waals surface area contributed by atoms with Gasteiger partial charge in [-0.05, 0) is 43.9 Å². The fourth-order valence-electron chi connectivity index (χ4n) is 1.85. The molecular formula is C12H15Cl2NO3S. The Morgan fingerprint density at radius 2 is 2.05 bits per heavy atom. The Balaban J connectivity index is 2.16. The van der Waals surface area contributed by atoms with Gasteiger partial charge in [-0.25, -0.2) is 13.1 Å². The molecule has 1 fully saturated rings. The monoisotopic (exact) mass is 323 g/mol. The smallest absolute Gasteiger partial charge is 0.242 e. The molecule has 0 aromatic heterocycles. The van der Waals surface area contributed by atoms with Crippen LogP contribution in [-0.2, 0) is 10.0 Å². The summed E-state index contributed by atoms with van der Waals surface area (Å²) in [4.78, 5) is -0.0757. The molecule has 1 aliphatic carbocycles. The lowest BCUT2D eigenvalue weighted by atomic mass is 10.0. The van der Waals surface area contributed by atoms with Crippen molar-refractivity contribution in [2.75, 3.05) is 6.54 Å². The third-order valence-electron chi connectivity index (χ3n) is 3.26. The molecule has 1 aromatic carbocycles. The van der Waals surface area contributed by atoms with Crippen molar-refractivity contribution >= 4 is 33.2 Å². The molecule has 7 heteroatoms. The van der Waals surface area contributed by atoms with Gasteiger partial charge in [0.25, 0.3) is 0 Å². The Labute approximate surface area is 122 Å². The average molecular weight is 324 g/mol. The summed E-state index contributed by atoms with van der Waals surface area (Å²) in [7, 11) is -3.78. The molecule has 1 aromatic rings. The first-order valence-corrected chi connectivity index (χ1v) is 8.13. The summed E-state index contributed by atoms with van der Waals surface area (Å²) in [6.07, 6.45) is 1.85. The van der Waals surface area contributed by atoms with Crippen molar-refractivity contribution in [2.45, 2.75) is 30.3 Å². The Bertz CT molecular complexity index is 583. The maximum atomic E-state index is 12.1. The summed E-state index contributed by atoms with van der Waals surface area (Å²) in [5, 5.41) is 10.5. The van der Waals surface area contributed by atoms with Crippen molar-refractivity contribution in [2.24, 2.45) is 5.92 Å². The van der Waals surface area contributed by atoms with Crippen molar-refractivity contribution in [3.8, 4) is 0 Å². The normalized spacial score (nSPS) is 19.2. The second-order valence-electron chi connectivity index (χ2n) is 5.03. The van der Waals surface area contributed by atoms with Crippen LogP contribution in [0.25, 0.3) is 0 Å². The minimum absolute atomic E-state index is 0.0388. The van der Waals surface area contributed by atoms with E-state index in [1.54, 1.807) is 6.92 Å². The number of benzene rings is 1. The molecular weight excluding hydrogens is 309 g/mol. The third kappa shape index (κ3) is 3.61. The van der Waals surface area contributed by atoms with Gasteiger partial charge in [0.05, 0.1) is 10.6 Å². The molecule has 2 N–H and O–H groups in total. The van der Waals surface area contributed by atoms with Crippen molar-refractivity contribution in [3.05, 3.63) is 28.2 Å². The van der Waals surface area contributed by atoms with Crippen molar-refractivity contribution in [1.29, 1.82) is 0 Å². The highest BCUT2D eigenvalue weighted by Gasteiger charge is 2.40. The summed E-state index contributed by atoms with van der Waals surface area (Å²) in [6.45, 7) is 1.59. The Morgan fingerprint density at radius 3 is 2.63 bits per heavy atom. The van der Waals surface area contributed by atoms with E-state index < -0.39 is 15.6 Å². The molecule has 0 saturated heterocycles. The number of hydrogen-bond acceptors (Lipinski definition) is 3. The van der Waals surface area contributed by atoms with Gasteiger partial charge in [0, 0.05) is 11.6 Å². The van der Waals surface area contributed by atoms with Crippen LogP contribution in [0.4, 0.5) is 0 Å². The molecule has 1 aliphatic rings. The zero-order valence-electron chi connectivity index (χ0n) is 10.4. The lowest BCUT2D eigenvalue weighted by Gasteiger charge is -2.23. The molecule has 0 amide bonds. The second kappa shape index (κ2) is 5.22. The van der Waals surface area contributed by atoms with Crippen LogP contribution in [0.5, 0.6) is 0 Å². The first kappa shape index (κ1) is 15.1. The number of nitrogens with one attached hydrogen (secondary N) is 1. The van der Waals surface area contributed by atoms with E-state index in [9.17, 15) is 13.5 Å². The topological polar surface area (TPSA) is 66.4 Å². The molecule has 0 heterocycles. The minimum Gasteiger partial charge on any atom is -0.389 e. The zero-order valence-corrected chi connectivity index (χ0v) is 12.7. The van der Waals surface area contributed by atoms with Crippen LogP contribution in [0.2, 0.25) is 10.0 Å². The quantitative estimate of drug-likeness (QED) is 0.874. The van der Waals surface area contributed by atoms with E-state index in [1.165, 1.54) is 18.2 Å². The molecule has 1 saturated carbocycles. The van der Waals surface area contributed by atoms with E-state index >= 15 is 0 Å². The predicted molar refractivity (Wildman–Crippen MR) is 75.0 cm³/mol. The fourth-order valence-corrected chi connectivity index (χ4v) is 3.76. The van der Waals surface area contributed by atoms with Gasteiger partial charge in [-0.1, -0.05) is 23.2 Å². The highest BCUT2D eigenvalue weighted by atomic mass is 35.5. The highest BCUT2D eigenvalue weighted by Crippen LogP contribution is 2.39. The Morgan fingerprint density at radius 1 is 1.42 bits per heavy atom. The van der Waals surface area contributed by atoms with Crippen molar-refractivity contribution < 1.29 is 13.5 Å². The summed E-state index contributed by atoms with van der Waals surface area (Å²) in [6, 6.07) is 4.23. The van der Waals surface area contributed by atoms with E-state index in [1.807, 2.05) is 0 Å². The molecule has 0 radical (unpaired) electrons. The van der Waals surface area contributed by atoms with Gasteiger partial charge in [0.1, 0.15) is 4.90 Å². The fraction of sp³-hybridized carbons (Fsp3) is 0.500. The maximum Gasteiger partial charge on any atom is 0.242 e. The highest BCUT2D eigenvalue weighted by molar-refractivity contribution is 7.89. The van der Waals surface area contributed by atoms with Crippen LogP contribution in [-0.4, -0.2) is 25.7 Å². The number of rotatable bonds is 5. The van der Waals surface area contributed by atoms with Crippen molar-refractivity contribution in [1.82, 2.24) is 4.72 Å². The molecule has 0 aliphatic heterocycles. The van der Waals surface area contributed by atoms with Crippen molar-refractivity contribution in [3.63, 3.8) is 0 Å². The first-order valence-electron chi connectivity index (χ1n) is 5.89. The molecule has 1 unspecified atom stereocenters. The first-order chi connectivity index (χ1) is 8.72. The second-order valence-corrected chi connectivity index (χ2v) is 7.61. The molecule has 1 atom stereocenters. The zero-order chi connectivity index (χ0) is 14.3. The summed E-state index contributed by atoms with van der Waals surface area (Å²) in [5.74, 6) is 0.157. The summed E-state index contributed by atoms with van der Waals surface area (Å²) in [5.41, 5.74) is -1.03. The number of sulfonamides is 1. The standard InChI is InChI=1S/C12H15Cl2NO3S/c1-12(16,8-2-3-8)7-15-19(17,18)11-6-9(13)4-5-10(11)14/h4-6,8,15-16H,2-3,7H2,1H3. The van der Waals surface area contributed by atoms with Crippen LogP contribution in [0.1, 0.15) is 19.8 Å². The van der Waals surface area contributed by atoms with Gasteiger partial charge in [0.2, 0.25) is 10.0 Å². The Kier molecular flexibility index (Phi) is 4.14. The molecule has 2 rings (SSSR count). The number of halogens is 2. The third-order valence-corrected chi connectivity index (χ3v) is 5.38. The average Bonchev–Trinajstić information content (AvgIpc) is 3.14. The molecule has 0 bridgehead atoms. The summed E-state index contributed by atoms with van der Waals surface area (Å²) < 4.78 is 26.6. The van der Waals surface area contributed by atoms with Gasteiger partial charge in [-0.2, -0.15) is 0 Å². The van der Waals surface area contributed by atoms with E-state index in [-0.39, 0.29) is 22.4 Å². The molecule has 106 valence electrons. The molecule has 0 spiro atoms. The Hall–Kier alpha value is -0.330. The number of hydrogen-bond donors (Lipinski definition) is 2.